The van der Waals surface area contributed by atoms with Crippen LogP contribution in [0, 0.1) is 5.92 Å². The number of fused-ring (bicyclic) bond motifs is 1. The topological polar surface area (TPSA) is 43.3 Å². The number of anilines is 1. The Morgan fingerprint density at radius 1 is 1.00 bits per heavy atom. The van der Waals surface area contributed by atoms with Crippen LogP contribution in [-0.4, -0.2) is 16.8 Å². The van der Waals surface area contributed by atoms with Crippen LogP contribution < -0.4 is 10.1 Å². The molecule has 1 aliphatic rings. The van der Waals surface area contributed by atoms with E-state index in [0.717, 1.165) is 24.2 Å². The smallest absolute Gasteiger partial charge is 0.406 e. The number of halogens is 3. The van der Waals surface area contributed by atoms with E-state index >= 15 is 0 Å². The van der Waals surface area contributed by atoms with Gasteiger partial charge in [-0.2, -0.15) is 0 Å². The van der Waals surface area contributed by atoms with E-state index in [9.17, 15) is 18.0 Å². The third-order valence-electron chi connectivity index (χ3n) is 5.35. The van der Waals surface area contributed by atoms with Gasteiger partial charge in [0.15, 0.2) is 0 Å². The molecule has 4 rings (SSSR count). The molecule has 1 N–H and O–H groups in total. The van der Waals surface area contributed by atoms with Crippen molar-refractivity contribution in [2.45, 2.75) is 31.7 Å². The minimum Gasteiger partial charge on any atom is -0.406 e. The fraction of sp³-hybridized carbons (Fsp3) is 0.261. The molecule has 30 heavy (non-hydrogen) atoms. The van der Waals surface area contributed by atoms with Crippen LogP contribution in [0.25, 0.3) is 0 Å². The lowest BCUT2D eigenvalue weighted by molar-refractivity contribution is -0.274. The van der Waals surface area contributed by atoms with Gasteiger partial charge in [-0.1, -0.05) is 30.3 Å². The van der Waals surface area contributed by atoms with Gasteiger partial charge in [0.2, 0.25) is 5.91 Å². The summed E-state index contributed by atoms with van der Waals surface area (Å²) in [6, 6.07) is 19.2. The maximum absolute atomic E-state index is 13.2. The Morgan fingerprint density at radius 3 is 2.43 bits per heavy atom. The normalized spacial score (nSPS) is 18.9. The number of hydrogen-bond donors (Lipinski definition) is 1. The van der Waals surface area contributed by atoms with Crippen LogP contribution in [0.5, 0.6) is 5.75 Å². The number of alkyl halides is 3. The Kier molecular flexibility index (Phi) is 5.53. The van der Waals surface area contributed by atoms with Gasteiger partial charge < -0.3 is 14.6 Å². The van der Waals surface area contributed by atoms with Gasteiger partial charge in [-0.05, 0) is 54.8 Å². The number of nitrogens with one attached hydrogen (secondary N) is 1. The van der Waals surface area contributed by atoms with Crippen LogP contribution in [0.2, 0.25) is 0 Å². The van der Waals surface area contributed by atoms with Crippen LogP contribution in [0.1, 0.15) is 30.0 Å². The average molecular weight is 414 g/mol. The van der Waals surface area contributed by atoms with Crippen LogP contribution in [0.3, 0.4) is 0 Å². The van der Waals surface area contributed by atoms with Crippen molar-refractivity contribution in [1.29, 1.82) is 0 Å². The number of nitrogens with zero attached hydrogens (tertiary/aromatic N) is 1. The van der Waals surface area contributed by atoms with Gasteiger partial charge in [0, 0.05) is 30.0 Å². The highest BCUT2D eigenvalue weighted by Crippen LogP contribution is 2.38. The number of carbonyl (C=O) groups is 1. The molecule has 0 spiro atoms. The maximum atomic E-state index is 13.2. The minimum absolute atomic E-state index is 0.100. The van der Waals surface area contributed by atoms with Gasteiger partial charge in [-0.25, -0.2) is 0 Å². The summed E-state index contributed by atoms with van der Waals surface area (Å²) >= 11 is 0. The van der Waals surface area contributed by atoms with Crippen LogP contribution >= 0.6 is 0 Å². The first kappa shape index (κ1) is 20.1. The lowest BCUT2D eigenvalue weighted by atomic mass is 9.81. The fourth-order valence-electron chi connectivity index (χ4n) is 4.09. The van der Waals surface area contributed by atoms with Crippen molar-refractivity contribution in [2.24, 2.45) is 5.92 Å². The van der Waals surface area contributed by atoms with Gasteiger partial charge in [0.05, 0.1) is 5.92 Å². The predicted molar refractivity (Wildman–Crippen MR) is 107 cm³/mol. The highest BCUT2D eigenvalue weighted by atomic mass is 19.4. The zero-order valence-electron chi connectivity index (χ0n) is 16.1. The summed E-state index contributed by atoms with van der Waals surface area (Å²) in [4.78, 5) is 13.2. The minimum atomic E-state index is -4.75. The van der Waals surface area contributed by atoms with E-state index in [-0.39, 0.29) is 23.5 Å². The molecule has 0 aliphatic carbocycles. The zero-order chi connectivity index (χ0) is 21.1. The monoisotopic (exact) mass is 414 g/mol. The Bertz CT molecular complexity index is 997. The standard InChI is InChI=1S/C23H21F3N2O2/c24-23(25,26)30-18-12-10-17(11-13-18)27-22(29)19-8-4-14-28-15-5-9-20(28)21(19)16-6-2-1-3-7-16/h1-3,5-7,9-13,15,19,21H,4,8,14H2,(H,27,29)/t19-,21-/m0/s1. The van der Waals surface area contributed by atoms with Crippen molar-refractivity contribution in [2.75, 3.05) is 5.32 Å². The molecule has 0 saturated carbocycles. The van der Waals surface area contributed by atoms with E-state index < -0.39 is 6.36 Å². The second kappa shape index (κ2) is 8.26. The second-order valence-corrected chi connectivity index (χ2v) is 7.32. The predicted octanol–water partition coefficient (Wildman–Crippen LogP) is 5.57. The number of hydrogen-bond acceptors (Lipinski definition) is 2. The van der Waals surface area contributed by atoms with E-state index in [1.807, 2.05) is 48.7 Å². The first-order valence-electron chi connectivity index (χ1n) is 9.77. The van der Waals surface area contributed by atoms with Crippen molar-refractivity contribution in [3.8, 4) is 5.75 Å². The first-order valence-corrected chi connectivity index (χ1v) is 9.77. The summed E-state index contributed by atoms with van der Waals surface area (Å²) in [6.45, 7) is 0.846. The van der Waals surface area contributed by atoms with Gasteiger partial charge >= 0.3 is 6.36 Å². The fourth-order valence-corrected chi connectivity index (χ4v) is 4.09. The molecule has 2 heterocycles. The molecule has 0 saturated heterocycles. The van der Waals surface area contributed by atoms with Crippen molar-refractivity contribution in [3.05, 3.63) is 84.2 Å². The molecule has 7 heteroatoms. The number of benzene rings is 2. The third-order valence-corrected chi connectivity index (χ3v) is 5.35. The maximum Gasteiger partial charge on any atom is 0.573 e. The van der Waals surface area contributed by atoms with Crippen molar-refractivity contribution in [3.63, 3.8) is 0 Å². The summed E-state index contributed by atoms with van der Waals surface area (Å²) < 4.78 is 43.1. The highest BCUT2D eigenvalue weighted by molar-refractivity contribution is 5.93. The highest BCUT2D eigenvalue weighted by Gasteiger charge is 2.34. The molecule has 1 aliphatic heterocycles. The molecular formula is C23H21F3N2O2. The number of aromatic nitrogens is 1. The van der Waals surface area contributed by atoms with E-state index in [4.69, 9.17) is 0 Å². The van der Waals surface area contributed by atoms with E-state index in [2.05, 4.69) is 14.6 Å². The van der Waals surface area contributed by atoms with Crippen molar-refractivity contribution < 1.29 is 22.7 Å². The lowest BCUT2D eigenvalue weighted by Gasteiger charge is -2.25. The van der Waals surface area contributed by atoms with Gasteiger partial charge in [-0.15, -0.1) is 13.2 Å². The summed E-state index contributed by atoms with van der Waals surface area (Å²) in [5, 5.41) is 2.87. The van der Waals surface area contributed by atoms with Crippen LogP contribution in [0.15, 0.2) is 72.9 Å². The van der Waals surface area contributed by atoms with Crippen molar-refractivity contribution >= 4 is 11.6 Å². The average Bonchev–Trinajstić information content (AvgIpc) is 3.08. The van der Waals surface area contributed by atoms with Crippen LogP contribution in [0.4, 0.5) is 18.9 Å². The summed E-state index contributed by atoms with van der Waals surface area (Å²) in [5.74, 6) is -0.871. The number of ether oxygens (including phenoxy) is 1. The lowest BCUT2D eigenvalue weighted by Crippen LogP contribution is -2.28. The summed E-state index contributed by atoms with van der Waals surface area (Å²) in [7, 11) is 0. The summed E-state index contributed by atoms with van der Waals surface area (Å²) in [5.41, 5.74) is 2.59. The molecule has 1 amide bonds. The molecule has 1 aromatic heterocycles. The molecule has 0 fully saturated rings. The molecule has 2 aromatic carbocycles. The number of aryl methyl sites for hydroxylation is 1. The van der Waals surface area contributed by atoms with E-state index in [0.29, 0.717) is 12.1 Å². The molecule has 2 atom stereocenters. The number of amides is 1. The third kappa shape index (κ3) is 4.50. The Morgan fingerprint density at radius 2 is 1.73 bits per heavy atom. The van der Waals surface area contributed by atoms with Gasteiger partial charge in [0.25, 0.3) is 0 Å². The summed E-state index contributed by atoms with van der Waals surface area (Å²) in [6.07, 6.45) is -1.14. The Labute approximate surface area is 172 Å². The van der Waals surface area contributed by atoms with Gasteiger partial charge in [-0.3, -0.25) is 4.79 Å². The Hall–Kier alpha value is -3.22. The quantitative estimate of drug-likeness (QED) is 0.607. The molecule has 3 aromatic rings. The molecular weight excluding hydrogens is 393 g/mol. The Balaban J connectivity index is 1.57. The molecule has 0 unspecified atom stereocenters. The second-order valence-electron chi connectivity index (χ2n) is 7.32. The van der Waals surface area contributed by atoms with Crippen molar-refractivity contribution in [1.82, 2.24) is 4.57 Å². The molecule has 4 nitrogen and oxygen atoms in total. The number of rotatable bonds is 4. The largest absolute Gasteiger partial charge is 0.573 e. The molecule has 0 bridgehead atoms. The van der Waals surface area contributed by atoms with Gasteiger partial charge in [0.1, 0.15) is 5.75 Å². The molecule has 0 radical (unpaired) electrons. The van der Waals surface area contributed by atoms with E-state index in [1.165, 1.54) is 24.3 Å². The van der Waals surface area contributed by atoms with E-state index in [1.54, 1.807) is 0 Å². The van der Waals surface area contributed by atoms with Crippen LogP contribution in [-0.2, 0) is 11.3 Å². The zero-order valence-corrected chi connectivity index (χ0v) is 16.1. The molecule has 156 valence electrons. The SMILES string of the molecule is O=C(Nc1ccc(OC(F)(F)F)cc1)[C@H]1CCCn2cccc2[C@H]1c1ccccc1. The number of carbonyl (C=O) groups excluding carboxylic acids is 1. The first-order chi connectivity index (χ1) is 14.4.